The summed E-state index contributed by atoms with van der Waals surface area (Å²) in [6.07, 6.45) is 1.59. The Kier molecular flexibility index (Phi) is 3.62. The van der Waals surface area contributed by atoms with Gasteiger partial charge in [0.2, 0.25) is 5.89 Å². The fourth-order valence-corrected chi connectivity index (χ4v) is 2.09. The van der Waals surface area contributed by atoms with E-state index in [1.165, 1.54) is 12.1 Å². The summed E-state index contributed by atoms with van der Waals surface area (Å²) >= 11 is 5.06. The first-order chi connectivity index (χ1) is 10.1. The van der Waals surface area contributed by atoms with Crippen molar-refractivity contribution in [3.63, 3.8) is 0 Å². The zero-order valence-electron chi connectivity index (χ0n) is 10.6. The van der Waals surface area contributed by atoms with Gasteiger partial charge in [0.15, 0.2) is 10.7 Å². The average molecular weight is 310 g/mol. The van der Waals surface area contributed by atoms with Crippen LogP contribution in [0.15, 0.2) is 21.0 Å². The molecule has 0 amide bonds. The molecule has 1 aliphatic heterocycles. The smallest absolute Gasteiger partial charge is 0.405 e. The summed E-state index contributed by atoms with van der Waals surface area (Å²) < 4.78 is 15.8. The third-order valence-corrected chi connectivity index (χ3v) is 3.17. The minimum Gasteiger partial charge on any atom is -0.405 e. The Hall–Kier alpha value is -2.33. The number of thiocarbonyl (C=S) groups is 1. The monoisotopic (exact) mass is 310 g/mol. The van der Waals surface area contributed by atoms with Crippen molar-refractivity contribution in [2.45, 2.75) is 18.9 Å². The van der Waals surface area contributed by atoms with Crippen LogP contribution in [0.2, 0.25) is 0 Å². The van der Waals surface area contributed by atoms with E-state index in [9.17, 15) is 10.1 Å². The zero-order chi connectivity index (χ0) is 14.8. The number of anilines is 1. The summed E-state index contributed by atoms with van der Waals surface area (Å²) in [5, 5.41) is 20.9. The Labute approximate surface area is 123 Å². The molecule has 0 radical (unpaired) electrons. The highest BCUT2D eigenvalue weighted by Gasteiger charge is 2.24. The Morgan fingerprint density at radius 1 is 1.43 bits per heavy atom. The molecule has 9 nitrogen and oxygen atoms in total. The van der Waals surface area contributed by atoms with Gasteiger partial charge in [0.05, 0.1) is 6.07 Å². The summed E-state index contributed by atoms with van der Waals surface area (Å²) in [4.78, 5) is 10.0. The molecule has 1 fully saturated rings. The first-order valence-electron chi connectivity index (χ1n) is 6.14. The molecule has 1 saturated heterocycles. The number of hydrogen-bond acceptors (Lipinski definition) is 8. The van der Waals surface area contributed by atoms with Crippen molar-refractivity contribution >= 4 is 29.1 Å². The Morgan fingerprint density at radius 2 is 2.29 bits per heavy atom. The molecule has 0 aromatic carbocycles. The maximum Gasteiger partial charge on any atom is 0.433 e. The van der Waals surface area contributed by atoms with Gasteiger partial charge in [-0.05, 0) is 18.9 Å². The number of ether oxygens (including phenoxy) is 1. The molecule has 10 heteroatoms. The van der Waals surface area contributed by atoms with Crippen LogP contribution in [0.5, 0.6) is 0 Å². The largest absolute Gasteiger partial charge is 0.433 e. The Bertz CT molecular complexity index is 676. The number of nitrogens with zero attached hydrogens (tertiary/aromatic N) is 3. The molecule has 1 aliphatic rings. The van der Waals surface area contributed by atoms with Crippen molar-refractivity contribution in [2.24, 2.45) is 0 Å². The molecule has 2 aromatic heterocycles. The molecule has 1 unspecified atom stereocenters. The average Bonchev–Trinajstić information content (AvgIpc) is 3.19. The van der Waals surface area contributed by atoms with Gasteiger partial charge in [-0.1, -0.05) is 17.3 Å². The predicted molar refractivity (Wildman–Crippen MR) is 72.9 cm³/mol. The van der Waals surface area contributed by atoms with Crippen LogP contribution in [0, 0.1) is 10.1 Å². The van der Waals surface area contributed by atoms with Gasteiger partial charge in [0, 0.05) is 6.61 Å². The summed E-state index contributed by atoms with van der Waals surface area (Å²) in [5.74, 6) is 0.136. The minimum absolute atomic E-state index is 0.0875. The van der Waals surface area contributed by atoms with E-state index in [4.69, 9.17) is 25.8 Å². The normalized spacial score (nSPS) is 17.8. The van der Waals surface area contributed by atoms with Gasteiger partial charge < -0.3 is 13.6 Å². The molecule has 2 aromatic rings. The molecular weight excluding hydrogens is 300 g/mol. The van der Waals surface area contributed by atoms with Crippen LogP contribution in [0.4, 0.5) is 11.9 Å². The third kappa shape index (κ3) is 2.90. The Balaban J connectivity index is 1.67. The topological polar surface area (TPSA) is 116 Å². The molecule has 110 valence electrons. The predicted octanol–water partition coefficient (Wildman–Crippen LogP) is 2.21. The summed E-state index contributed by atoms with van der Waals surface area (Å²) in [5.41, 5.74) is 0. The minimum atomic E-state index is -0.644. The van der Waals surface area contributed by atoms with E-state index >= 15 is 0 Å². The lowest BCUT2D eigenvalue weighted by molar-refractivity contribution is -0.402. The summed E-state index contributed by atoms with van der Waals surface area (Å²) in [6.45, 7) is 0.671. The van der Waals surface area contributed by atoms with E-state index in [0.29, 0.717) is 12.5 Å². The SMILES string of the molecule is O=[N+]([O-])c1ccc(C(=S)Nc2nnc(C3CCCO3)o2)o1. The molecule has 0 aliphatic carbocycles. The maximum absolute atomic E-state index is 10.5. The molecule has 1 N–H and O–H groups in total. The van der Waals surface area contributed by atoms with Gasteiger partial charge in [-0.3, -0.25) is 15.4 Å². The van der Waals surface area contributed by atoms with Crippen LogP contribution in [-0.2, 0) is 4.74 Å². The second-order valence-corrected chi connectivity index (χ2v) is 4.70. The molecule has 21 heavy (non-hydrogen) atoms. The van der Waals surface area contributed by atoms with Crippen molar-refractivity contribution < 1.29 is 18.5 Å². The van der Waals surface area contributed by atoms with E-state index in [1.54, 1.807) is 0 Å². The van der Waals surface area contributed by atoms with Crippen LogP contribution in [0.3, 0.4) is 0 Å². The summed E-state index contributed by atoms with van der Waals surface area (Å²) in [6, 6.07) is 2.70. The second kappa shape index (κ2) is 5.58. The summed E-state index contributed by atoms with van der Waals surface area (Å²) in [7, 11) is 0. The molecular formula is C11H10N4O5S. The number of aromatic nitrogens is 2. The number of nitrogens with one attached hydrogen (secondary N) is 1. The molecule has 0 saturated carbocycles. The third-order valence-electron chi connectivity index (χ3n) is 2.86. The highest BCUT2D eigenvalue weighted by molar-refractivity contribution is 7.81. The van der Waals surface area contributed by atoms with E-state index in [-0.39, 0.29) is 28.8 Å². The lowest BCUT2D eigenvalue weighted by atomic mass is 10.2. The van der Waals surface area contributed by atoms with Crippen molar-refractivity contribution in [2.75, 3.05) is 11.9 Å². The van der Waals surface area contributed by atoms with Gasteiger partial charge in [0.1, 0.15) is 11.0 Å². The lowest BCUT2D eigenvalue weighted by Gasteiger charge is -2.02. The van der Waals surface area contributed by atoms with Crippen molar-refractivity contribution in [1.29, 1.82) is 0 Å². The highest BCUT2D eigenvalue weighted by atomic mass is 32.1. The highest BCUT2D eigenvalue weighted by Crippen LogP contribution is 2.28. The standard InChI is InChI=1S/C11H10N4O5S/c16-15(17)8-4-3-7(19-8)10(21)12-11-14-13-9(20-11)6-2-1-5-18-6/h3-4,6H,1-2,5H2,(H,12,14,21). The zero-order valence-corrected chi connectivity index (χ0v) is 11.5. The van der Waals surface area contributed by atoms with Gasteiger partial charge in [-0.25, -0.2) is 0 Å². The van der Waals surface area contributed by atoms with Crippen LogP contribution < -0.4 is 5.32 Å². The first kappa shape index (κ1) is 13.6. The van der Waals surface area contributed by atoms with E-state index < -0.39 is 4.92 Å². The molecule has 0 bridgehead atoms. The number of rotatable bonds is 4. The van der Waals surface area contributed by atoms with E-state index in [0.717, 1.165) is 12.8 Å². The molecule has 1 atom stereocenters. The second-order valence-electron chi connectivity index (χ2n) is 4.30. The quantitative estimate of drug-likeness (QED) is 0.515. The van der Waals surface area contributed by atoms with E-state index in [1.807, 2.05) is 0 Å². The van der Waals surface area contributed by atoms with Gasteiger partial charge >= 0.3 is 11.9 Å². The fraction of sp³-hybridized carbons (Fsp3) is 0.364. The van der Waals surface area contributed by atoms with Gasteiger partial charge in [0.25, 0.3) is 0 Å². The van der Waals surface area contributed by atoms with Crippen LogP contribution >= 0.6 is 12.2 Å². The molecule has 0 spiro atoms. The van der Waals surface area contributed by atoms with Crippen LogP contribution in [0.1, 0.15) is 30.6 Å². The maximum atomic E-state index is 10.5. The first-order valence-corrected chi connectivity index (χ1v) is 6.55. The van der Waals surface area contributed by atoms with Crippen LogP contribution in [-0.4, -0.2) is 26.7 Å². The number of hydrogen-bond donors (Lipinski definition) is 1. The molecule has 3 rings (SSSR count). The molecule has 3 heterocycles. The van der Waals surface area contributed by atoms with E-state index in [2.05, 4.69) is 15.5 Å². The Morgan fingerprint density at radius 3 is 2.95 bits per heavy atom. The van der Waals surface area contributed by atoms with Crippen LogP contribution in [0.25, 0.3) is 0 Å². The number of furan rings is 1. The number of nitro groups is 1. The van der Waals surface area contributed by atoms with Crippen molar-refractivity contribution in [1.82, 2.24) is 10.2 Å². The van der Waals surface area contributed by atoms with Gasteiger partial charge in [-0.15, -0.1) is 5.10 Å². The van der Waals surface area contributed by atoms with Crippen molar-refractivity contribution in [3.05, 3.63) is 33.9 Å². The van der Waals surface area contributed by atoms with Gasteiger partial charge in [-0.2, -0.15) is 0 Å². The fourth-order valence-electron chi connectivity index (χ4n) is 1.89. The van der Waals surface area contributed by atoms with Crippen molar-refractivity contribution in [3.8, 4) is 0 Å². The lowest BCUT2D eigenvalue weighted by Crippen LogP contribution is -2.09.